The van der Waals surface area contributed by atoms with Crippen molar-refractivity contribution in [3.8, 4) is 11.5 Å². The van der Waals surface area contributed by atoms with Crippen LogP contribution in [0.3, 0.4) is 0 Å². The maximum atomic E-state index is 12.8. The van der Waals surface area contributed by atoms with E-state index in [-0.39, 0.29) is 5.91 Å². The van der Waals surface area contributed by atoms with E-state index in [1.807, 2.05) is 4.90 Å². The first kappa shape index (κ1) is 19.3. The van der Waals surface area contributed by atoms with Gasteiger partial charge in [0.1, 0.15) is 0 Å². The molecule has 1 fully saturated rings. The highest BCUT2D eigenvalue weighted by Gasteiger charge is 2.23. The number of amides is 1. The molecule has 1 aliphatic rings. The first-order valence-corrected chi connectivity index (χ1v) is 9.40. The van der Waals surface area contributed by atoms with Crippen LogP contribution in [0.1, 0.15) is 21.7 Å². The number of benzene rings is 1. The first-order valence-electron chi connectivity index (χ1n) is 9.40. The Labute approximate surface area is 161 Å². The van der Waals surface area contributed by atoms with Crippen molar-refractivity contribution in [2.45, 2.75) is 20.4 Å². The molecule has 0 atom stereocenters. The highest BCUT2D eigenvalue weighted by atomic mass is 16.5. The third-order valence-electron chi connectivity index (χ3n) is 5.35. The molecule has 1 amide bonds. The summed E-state index contributed by atoms with van der Waals surface area (Å²) in [5.74, 6) is 1.27. The van der Waals surface area contributed by atoms with E-state index in [1.165, 1.54) is 11.4 Å². The molecule has 1 aromatic carbocycles. The molecule has 6 nitrogen and oxygen atoms in total. The molecule has 0 bridgehead atoms. The van der Waals surface area contributed by atoms with Crippen LogP contribution in [0.4, 0.5) is 0 Å². The van der Waals surface area contributed by atoms with Crippen LogP contribution >= 0.6 is 0 Å². The van der Waals surface area contributed by atoms with Crippen LogP contribution in [0, 0.1) is 13.8 Å². The number of carbonyl (C=O) groups excluding carboxylic acids is 1. The lowest BCUT2D eigenvalue weighted by Gasteiger charge is -2.35. The Morgan fingerprint density at radius 1 is 0.889 bits per heavy atom. The molecule has 0 saturated carbocycles. The molecule has 3 rings (SSSR count). The van der Waals surface area contributed by atoms with Crippen LogP contribution in [-0.2, 0) is 6.54 Å². The smallest absolute Gasteiger partial charge is 0.254 e. The van der Waals surface area contributed by atoms with Gasteiger partial charge in [0.05, 0.1) is 14.2 Å². The Kier molecular flexibility index (Phi) is 6.06. The topological polar surface area (TPSA) is 46.9 Å². The van der Waals surface area contributed by atoms with E-state index < -0.39 is 0 Å². The Hall–Kier alpha value is -2.47. The number of aryl methyl sites for hydroxylation is 2. The zero-order valence-electron chi connectivity index (χ0n) is 16.7. The molecule has 146 valence electrons. The third-order valence-corrected chi connectivity index (χ3v) is 5.35. The maximum absolute atomic E-state index is 12.8. The van der Waals surface area contributed by atoms with E-state index >= 15 is 0 Å². The van der Waals surface area contributed by atoms with Crippen molar-refractivity contribution in [3.05, 3.63) is 47.3 Å². The number of rotatable bonds is 6. The molecule has 6 heteroatoms. The second-order valence-electron chi connectivity index (χ2n) is 6.97. The van der Waals surface area contributed by atoms with Crippen LogP contribution in [0.2, 0.25) is 0 Å². The lowest BCUT2D eigenvalue weighted by atomic mass is 10.1. The van der Waals surface area contributed by atoms with Crippen LogP contribution < -0.4 is 9.47 Å². The van der Waals surface area contributed by atoms with Gasteiger partial charge >= 0.3 is 0 Å². The number of carbonyl (C=O) groups is 1. The average Bonchev–Trinajstić information content (AvgIpc) is 3.03. The third kappa shape index (κ3) is 4.27. The summed E-state index contributed by atoms with van der Waals surface area (Å²) in [6.07, 6.45) is 0. The minimum absolute atomic E-state index is 0.0488. The second kappa shape index (κ2) is 8.48. The maximum Gasteiger partial charge on any atom is 0.254 e. The quantitative estimate of drug-likeness (QED) is 0.783. The monoisotopic (exact) mass is 371 g/mol. The fourth-order valence-corrected chi connectivity index (χ4v) is 3.62. The molecule has 27 heavy (non-hydrogen) atoms. The van der Waals surface area contributed by atoms with Crippen LogP contribution in [0.25, 0.3) is 0 Å². The van der Waals surface area contributed by atoms with Gasteiger partial charge in [-0.1, -0.05) is 0 Å². The summed E-state index contributed by atoms with van der Waals surface area (Å²) >= 11 is 0. The number of piperazine rings is 1. The number of hydrogen-bond donors (Lipinski definition) is 0. The molecular formula is C21H29N3O3. The molecule has 1 aromatic heterocycles. The van der Waals surface area contributed by atoms with E-state index in [4.69, 9.17) is 9.47 Å². The summed E-state index contributed by atoms with van der Waals surface area (Å²) in [4.78, 5) is 17.2. The van der Waals surface area contributed by atoms with E-state index in [1.54, 1.807) is 32.4 Å². The van der Waals surface area contributed by atoms with Crippen LogP contribution in [0.5, 0.6) is 11.5 Å². The number of nitrogens with zero attached hydrogens (tertiary/aromatic N) is 3. The zero-order chi connectivity index (χ0) is 19.4. The Bertz CT molecular complexity index is 772. The Morgan fingerprint density at radius 2 is 1.52 bits per heavy atom. The van der Waals surface area contributed by atoms with Gasteiger partial charge in [-0.25, -0.2) is 0 Å². The number of hydrogen-bond acceptors (Lipinski definition) is 4. The van der Waals surface area contributed by atoms with E-state index in [0.717, 1.165) is 39.3 Å². The highest BCUT2D eigenvalue weighted by Crippen LogP contribution is 2.28. The number of aromatic nitrogens is 1. The van der Waals surface area contributed by atoms with Crippen molar-refractivity contribution in [2.75, 3.05) is 46.9 Å². The van der Waals surface area contributed by atoms with Crippen molar-refractivity contribution in [1.82, 2.24) is 14.4 Å². The van der Waals surface area contributed by atoms with Gasteiger partial charge in [-0.3, -0.25) is 9.69 Å². The van der Waals surface area contributed by atoms with Gasteiger partial charge in [0.15, 0.2) is 11.5 Å². The Morgan fingerprint density at radius 3 is 2.11 bits per heavy atom. The lowest BCUT2D eigenvalue weighted by molar-refractivity contribution is 0.0632. The highest BCUT2D eigenvalue weighted by molar-refractivity contribution is 5.95. The molecule has 0 radical (unpaired) electrons. The summed E-state index contributed by atoms with van der Waals surface area (Å²) in [5.41, 5.74) is 3.24. The van der Waals surface area contributed by atoms with E-state index in [9.17, 15) is 4.79 Å². The van der Waals surface area contributed by atoms with E-state index in [0.29, 0.717) is 17.1 Å². The Balaban J connectivity index is 1.55. The molecule has 0 spiro atoms. The van der Waals surface area contributed by atoms with Gasteiger partial charge in [0, 0.05) is 56.2 Å². The molecular weight excluding hydrogens is 342 g/mol. The summed E-state index contributed by atoms with van der Waals surface area (Å²) in [6.45, 7) is 9.59. The lowest BCUT2D eigenvalue weighted by Crippen LogP contribution is -2.49. The van der Waals surface area contributed by atoms with Gasteiger partial charge in [0.25, 0.3) is 5.91 Å². The molecule has 1 saturated heterocycles. The van der Waals surface area contributed by atoms with Crippen molar-refractivity contribution < 1.29 is 14.3 Å². The predicted molar refractivity (Wildman–Crippen MR) is 106 cm³/mol. The average molecular weight is 371 g/mol. The first-order chi connectivity index (χ1) is 13.0. The zero-order valence-corrected chi connectivity index (χ0v) is 16.7. The molecule has 2 aromatic rings. The largest absolute Gasteiger partial charge is 0.493 e. The van der Waals surface area contributed by atoms with Crippen LogP contribution in [-0.4, -0.2) is 67.2 Å². The normalized spacial score (nSPS) is 15.0. The van der Waals surface area contributed by atoms with Crippen molar-refractivity contribution >= 4 is 5.91 Å². The summed E-state index contributed by atoms with van der Waals surface area (Å²) in [7, 11) is 3.17. The molecule has 0 unspecified atom stereocenters. The van der Waals surface area contributed by atoms with Crippen molar-refractivity contribution in [1.29, 1.82) is 0 Å². The van der Waals surface area contributed by atoms with Crippen LogP contribution in [0.15, 0.2) is 30.3 Å². The van der Waals surface area contributed by atoms with E-state index in [2.05, 4.69) is 35.4 Å². The molecule has 0 N–H and O–H groups in total. The van der Waals surface area contributed by atoms with Gasteiger partial charge in [-0.15, -0.1) is 0 Å². The van der Waals surface area contributed by atoms with Crippen molar-refractivity contribution in [3.63, 3.8) is 0 Å². The standard InChI is InChI=1S/C21H29N3O3/c1-16-5-6-17(2)24(16)14-11-22-9-12-23(13-10-22)21(25)18-7-8-19(26-3)20(15-18)27-4/h5-8,15H,9-14H2,1-4H3. The summed E-state index contributed by atoms with van der Waals surface area (Å²) < 4.78 is 12.9. The SMILES string of the molecule is COc1ccc(C(=O)N2CCN(CCn3c(C)ccc3C)CC2)cc1OC. The van der Waals surface area contributed by atoms with Gasteiger partial charge in [-0.05, 0) is 44.2 Å². The second-order valence-corrected chi connectivity index (χ2v) is 6.97. The summed E-state index contributed by atoms with van der Waals surface area (Å²) in [6, 6.07) is 9.66. The number of ether oxygens (including phenoxy) is 2. The van der Waals surface area contributed by atoms with Gasteiger partial charge in [-0.2, -0.15) is 0 Å². The predicted octanol–water partition coefficient (Wildman–Crippen LogP) is 2.58. The molecule has 0 aliphatic carbocycles. The minimum Gasteiger partial charge on any atom is -0.493 e. The molecule has 2 heterocycles. The minimum atomic E-state index is 0.0488. The molecule has 1 aliphatic heterocycles. The number of methoxy groups -OCH3 is 2. The fourth-order valence-electron chi connectivity index (χ4n) is 3.62. The van der Waals surface area contributed by atoms with Gasteiger partial charge in [0.2, 0.25) is 0 Å². The summed E-state index contributed by atoms with van der Waals surface area (Å²) in [5, 5.41) is 0. The van der Waals surface area contributed by atoms with Crippen molar-refractivity contribution in [2.24, 2.45) is 0 Å². The fraction of sp³-hybridized carbons (Fsp3) is 0.476. The van der Waals surface area contributed by atoms with Gasteiger partial charge < -0.3 is 18.9 Å².